The summed E-state index contributed by atoms with van der Waals surface area (Å²) in [6, 6.07) is 1.70. The Hall–Kier alpha value is -0.570. The van der Waals surface area contributed by atoms with Gasteiger partial charge in [-0.15, -0.1) is 0 Å². The fraction of sp³-hybridized carbons (Fsp3) is 0.429. The van der Waals surface area contributed by atoms with Crippen LogP contribution in [0.5, 0.6) is 0 Å². The van der Waals surface area contributed by atoms with Gasteiger partial charge in [0.2, 0.25) is 0 Å². The molecule has 10 heavy (non-hydrogen) atoms. The first-order valence-corrected chi connectivity index (χ1v) is 4.03. The molecule has 2 nitrogen and oxygen atoms in total. The summed E-state index contributed by atoms with van der Waals surface area (Å²) in [5.41, 5.74) is 0. The van der Waals surface area contributed by atoms with E-state index in [1.807, 2.05) is 0 Å². The van der Waals surface area contributed by atoms with E-state index in [1.165, 1.54) is 0 Å². The lowest BCUT2D eigenvalue weighted by molar-refractivity contribution is 0.948. The van der Waals surface area contributed by atoms with Gasteiger partial charge in [-0.3, -0.25) is 0 Å². The van der Waals surface area contributed by atoms with Gasteiger partial charge in [-0.05, 0) is 6.07 Å². The maximum atomic E-state index is 4.04. The van der Waals surface area contributed by atoms with E-state index in [0.717, 1.165) is 5.16 Å². The van der Waals surface area contributed by atoms with Gasteiger partial charge in [0.05, 0.1) is 6.20 Å². The Morgan fingerprint density at radius 1 is 1.60 bits per heavy atom. The summed E-state index contributed by atoms with van der Waals surface area (Å²) in [5.74, 6) is 0. The predicted octanol–water partition coefficient (Wildman–Crippen LogP) is 1.78. The molecule has 0 aliphatic carbocycles. The van der Waals surface area contributed by atoms with Crippen LogP contribution in [0, 0.1) is 6.20 Å². The minimum atomic E-state index is 0.538. The topological polar surface area (TPSA) is 25.8 Å². The van der Waals surface area contributed by atoms with E-state index in [9.17, 15) is 0 Å². The molecule has 0 spiro atoms. The minimum Gasteiger partial charge on any atom is -0.231 e. The number of aromatic nitrogens is 2. The van der Waals surface area contributed by atoms with Gasteiger partial charge in [-0.1, -0.05) is 25.6 Å². The normalized spacial score (nSPS) is 10.3. The molecular formula is C7H9N2S. The van der Waals surface area contributed by atoms with Crippen molar-refractivity contribution in [3.8, 4) is 0 Å². The van der Waals surface area contributed by atoms with E-state index in [4.69, 9.17) is 0 Å². The standard InChI is InChI=1S/C7H9N2S/c1-6(2)10-7-8-4-3-5-9-7/h3-4,6H,1-2H3. The largest absolute Gasteiger partial charge is 0.231 e. The second-order valence-electron chi connectivity index (χ2n) is 2.13. The molecule has 0 bridgehead atoms. The van der Waals surface area contributed by atoms with Crippen LogP contribution in [0.3, 0.4) is 0 Å². The van der Waals surface area contributed by atoms with E-state index in [0.29, 0.717) is 5.25 Å². The van der Waals surface area contributed by atoms with Crippen molar-refractivity contribution in [1.29, 1.82) is 0 Å². The third kappa shape index (κ3) is 2.35. The molecule has 0 aliphatic rings. The second kappa shape index (κ2) is 3.56. The lowest BCUT2D eigenvalue weighted by Gasteiger charge is -1.99. The predicted molar refractivity (Wildman–Crippen MR) is 41.9 cm³/mol. The Morgan fingerprint density at radius 2 is 2.40 bits per heavy atom. The third-order valence-corrected chi connectivity index (χ3v) is 1.71. The quantitative estimate of drug-likeness (QED) is 0.478. The summed E-state index contributed by atoms with van der Waals surface area (Å²) in [4.78, 5) is 7.99. The van der Waals surface area contributed by atoms with Crippen LogP contribution >= 0.6 is 11.8 Å². The van der Waals surface area contributed by atoms with Crippen molar-refractivity contribution in [2.45, 2.75) is 24.3 Å². The van der Waals surface area contributed by atoms with Crippen molar-refractivity contribution >= 4 is 11.8 Å². The van der Waals surface area contributed by atoms with Gasteiger partial charge in [-0.2, -0.15) is 0 Å². The van der Waals surface area contributed by atoms with Crippen molar-refractivity contribution in [3.05, 3.63) is 18.5 Å². The second-order valence-corrected chi connectivity index (χ2v) is 3.68. The van der Waals surface area contributed by atoms with Crippen molar-refractivity contribution in [3.63, 3.8) is 0 Å². The fourth-order valence-electron chi connectivity index (χ4n) is 0.523. The van der Waals surface area contributed by atoms with Crippen molar-refractivity contribution in [2.24, 2.45) is 0 Å². The van der Waals surface area contributed by atoms with Crippen LogP contribution in [-0.2, 0) is 0 Å². The van der Waals surface area contributed by atoms with Crippen LogP contribution in [0.15, 0.2) is 17.4 Å². The Labute approximate surface area is 65.1 Å². The first kappa shape index (κ1) is 7.54. The summed E-state index contributed by atoms with van der Waals surface area (Å²) in [6.45, 7) is 4.22. The van der Waals surface area contributed by atoms with Crippen LogP contribution in [-0.4, -0.2) is 15.2 Å². The molecule has 0 atom stereocenters. The van der Waals surface area contributed by atoms with E-state index >= 15 is 0 Å². The van der Waals surface area contributed by atoms with Gasteiger partial charge >= 0.3 is 0 Å². The molecule has 0 fully saturated rings. The van der Waals surface area contributed by atoms with E-state index < -0.39 is 0 Å². The molecule has 53 valence electrons. The molecule has 0 saturated heterocycles. The van der Waals surface area contributed by atoms with Crippen LogP contribution in [0.1, 0.15) is 13.8 Å². The van der Waals surface area contributed by atoms with Gasteiger partial charge in [0.15, 0.2) is 5.16 Å². The highest BCUT2D eigenvalue weighted by atomic mass is 32.2. The van der Waals surface area contributed by atoms with Crippen LogP contribution in [0.2, 0.25) is 0 Å². The highest BCUT2D eigenvalue weighted by Crippen LogP contribution is 2.16. The zero-order chi connectivity index (χ0) is 7.40. The average Bonchev–Trinajstić information content (AvgIpc) is 1.88. The Balaban J connectivity index is 2.59. The zero-order valence-corrected chi connectivity index (χ0v) is 6.85. The molecule has 1 aromatic rings. The van der Waals surface area contributed by atoms with Crippen LogP contribution in [0.4, 0.5) is 0 Å². The van der Waals surface area contributed by atoms with Gasteiger partial charge in [0.1, 0.15) is 0 Å². The fourth-order valence-corrected chi connectivity index (χ4v) is 1.17. The molecule has 0 aromatic carbocycles. The average molecular weight is 153 g/mol. The molecule has 0 unspecified atom stereocenters. The number of hydrogen-bond donors (Lipinski definition) is 0. The monoisotopic (exact) mass is 153 g/mol. The maximum Gasteiger partial charge on any atom is 0.188 e. The first-order valence-electron chi connectivity index (χ1n) is 3.15. The summed E-state index contributed by atoms with van der Waals surface area (Å²) < 4.78 is 0. The van der Waals surface area contributed by atoms with Crippen molar-refractivity contribution in [2.75, 3.05) is 0 Å². The maximum absolute atomic E-state index is 4.04. The first-order chi connectivity index (χ1) is 4.79. The minimum absolute atomic E-state index is 0.538. The lowest BCUT2D eigenvalue weighted by atomic mass is 10.6. The van der Waals surface area contributed by atoms with Gasteiger partial charge in [0.25, 0.3) is 0 Å². The number of nitrogens with zero attached hydrogens (tertiary/aromatic N) is 2. The lowest BCUT2D eigenvalue weighted by Crippen LogP contribution is -1.90. The molecule has 0 amide bonds. The molecule has 0 N–H and O–H groups in total. The zero-order valence-electron chi connectivity index (χ0n) is 6.03. The van der Waals surface area contributed by atoms with E-state index in [-0.39, 0.29) is 0 Å². The molecule has 0 saturated carbocycles. The van der Waals surface area contributed by atoms with Gasteiger partial charge in [-0.25, -0.2) is 9.97 Å². The summed E-state index contributed by atoms with van der Waals surface area (Å²) in [6.07, 6.45) is 4.44. The number of hydrogen-bond acceptors (Lipinski definition) is 3. The van der Waals surface area contributed by atoms with E-state index in [2.05, 4.69) is 30.0 Å². The summed E-state index contributed by atoms with van der Waals surface area (Å²) >= 11 is 1.64. The Bertz CT molecular complexity index is 186. The Kier molecular flexibility index (Phi) is 2.68. The third-order valence-electron chi connectivity index (χ3n) is 0.835. The Morgan fingerprint density at radius 3 is 2.90 bits per heavy atom. The smallest absolute Gasteiger partial charge is 0.188 e. The molecule has 3 heteroatoms. The highest BCUT2D eigenvalue weighted by Gasteiger charge is 1.97. The number of rotatable bonds is 2. The number of thioether (sulfide) groups is 1. The molecule has 1 aromatic heterocycles. The highest BCUT2D eigenvalue weighted by molar-refractivity contribution is 7.99. The SMILES string of the molecule is CC(C)Sc1n[c]ccn1. The molecular weight excluding hydrogens is 144 g/mol. The van der Waals surface area contributed by atoms with E-state index in [1.54, 1.807) is 24.0 Å². The molecule has 0 aliphatic heterocycles. The summed E-state index contributed by atoms with van der Waals surface area (Å²) in [7, 11) is 0. The van der Waals surface area contributed by atoms with Crippen LogP contribution in [0.25, 0.3) is 0 Å². The molecule has 1 radical (unpaired) electrons. The van der Waals surface area contributed by atoms with Crippen LogP contribution < -0.4 is 0 Å². The molecule has 1 heterocycles. The van der Waals surface area contributed by atoms with Crippen molar-refractivity contribution < 1.29 is 0 Å². The van der Waals surface area contributed by atoms with Crippen molar-refractivity contribution in [1.82, 2.24) is 9.97 Å². The summed E-state index contributed by atoms with van der Waals surface area (Å²) in [5, 5.41) is 1.34. The molecule has 1 rings (SSSR count). The van der Waals surface area contributed by atoms with Gasteiger partial charge < -0.3 is 0 Å². The van der Waals surface area contributed by atoms with Gasteiger partial charge in [0, 0.05) is 11.4 Å².